The molecule has 2 fully saturated rings. The molecular formula is C22H28N4O3S. The van der Waals surface area contributed by atoms with Crippen molar-refractivity contribution in [3.8, 4) is 0 Å². The summed E-state index contributed by atoms with van der Waals surface area (Å²) in [6.07, 6.45) is 3.95. The Morgan fingerprint density at radius 3 is 2.57 bits per heavy atom. The highest BCUT2D eigenvalue weighted by atomic mass is 32.2. The molecule has 0 aliphatic carbocycles. The lowest BCUT2D eigenvalue weighted by molar-refractivity contribution is 0.0939. The third-order valence-electron chi connectivity index (χ3n) is 6.56. The molecule has 0 atom stereocenters. The fourth-order valence-corrected chi connectivity index (χ4v) is 7.30. The van der Waals surface area contributed by atoms with E-state index in [9.17, 15) is 13.2 Å². The van der Waals surface area contributed by atoms with Gasteiger partial charge < -0.3 is 14.8 Å². The molecule has 1 aromatic carbocycles. The molecule has 30 heavy (non-hydrogen) atoms. The fraction of sp³-hybridized carbons (Fsp3) is 0.545. The monoisotopic (exact) mass is 428 g/mol. The first kappa shape index (κ1) is 19.6. The zero-order valence-electron chi connectivity index (χ0n) is 17.4. The van der Waals surface area contributed by atoms with Gasteiger partial charge in [0.05, 0.1) is 17.2 Å². The molecule has 5 rings (SSSR count). The van der Waals surface area contributed by atoms with Crippen LogP contribution >= 0.6 is 0 Å². The normalized spacial score (nSPS) is 20.9. The summed E-state index contributed by atoms with van der Waals surface area (Å²) >= 11 is 0. The van der Waals surface area contributed by atoms with Crippen molar-refractivity contribution in [1.29, 1.82) is 0 Å². The van der Waals surface area contributed by atoms with Crippen LogP contribution in [0.5, 0.6) is 0 Å². The first-order chi connectivity index (χ1) is 14.4. The zero-order valence-corrected chi connectivity index (χ0v) is 18.2. The van der Waals surface area contributed by atoms with Gasteiger partial charge in [0.25, 0.3) is 5.91 Å². The number of carbonyl (C=O) groups is 1. The fourth-order valence-electron chi connectivity index (χ4n) is 5.15. The van der Waals surface area contributed by atoms with E-state index in [-0.39, 0.29) is 11.3 Å². The van der Waals surface area contributed by atoms with Gasteiger partial charge >= 0.3 is 0 Å². The molecule has 4 heterocycles. The Bertz CT molecular complexity index is 1070. The Morgan fingerprint density at radius 2 is 1.90 bits per heavy atom. The van der Waals surface area contributed by atoms with Crippen LogP contribution < -0.4 is 10.2 Å². The van der Waals surface area contributed by atoms with Crippen molar-refractivity contribution < 1.29 is 13.2 Å². The first-order valence-electron chi connectivity index (χ1n) is 10.8. The highest BCUT2D eigenvalue weighted by molar-refractivity contribution is 7.92. The number of fused-ring (bicyclic) bond motifs is 1. The molecule has 0 saturated carbocycles. The first-order valence-corrected chi connectivity index (χ1v) is 12.6. The second-order valence-electron chi connectivity index (χ2n) is 9.02. The summed E-state index contributed by atoms with van der Waals surface area (Å²) in [4.78, 5) is 19.8. The van der Waals surface area contributed by atoms with Crippen molar-refractivity contribution in [3.05, 3.63) is 47.0 Å². The van der Waals surface area contributed by atoms with Gasteiger partial charge in [0.15, 0.2) is 9.84 Å². The summed E-state index contributed by atoms with van der Waals surface area (Å²) in [6, 6.07) is 8.18. The van der Waals surface area contributed by atoms with Crippen LogP contribution in [0.1, 0.15) is 47.3 Å². The van der Waals surface area contributed by atoms with E-state index >= 15 is 0 Å². The van der Waals surface area contributed by atoms with Gasteiger partial charge in [-0.25, -0.2) is 13.4 Å². The number of nitrogens with zero attached hydrogens (tertiary/aromatic N) is 3. The number of benzene rings is 1. The lowest BCUT2D eigenvalue weighted by Gasteiger charge is -2.55. The highest BCUT2D eigenvalue weighted by Gasteiger charge is 2.55. The van der Waals surface area contributed by atoms with Crippen LogP contribution in [0.3, 0.4) is 0 Å². The predicted molar refractivity (Wildman–Crippen MR) is 115 cm³/mol. The second-order valence-corrected chi connectivity index (χ2v) is 11.1. The molecule has 3 aliphatic rings. The molecule has 2 aromatic rings. The SMILES string of the molecule is CCc1nc2n(c1C(=O)NCc1ccc(N3CC4(C3)CS(=O)(=O)C4)cc1)CCCC2. The minimum absolute atomic E-state index is 0.00710. The Morgan fingerprint density at radius 1 is 1.17 bits per heavy atom. The van der Waals surface area contributed by atoms with E-state index in [0.29, 0.717) is 18.1 Å². The van der Waals surface area contributed by atoms with E-state index in [1.165, 1.54) is 0 Å². The number of anilines is 1. The average Bonchev–Trinajstić information content (AvgIpc) is 3.07. The molecule has 8 heteroatoms. The summed E-state index contributed by atoms with van der Waals surface area (Å²) in [5, 5.41) is 3.06. The van der Waals surface area contributed by atoms with Gasteiger partial charge in [-0.2, -0.15) is 0 Å². The second kappa shape index (κ2) is 7.11. The van der Waals surface area contributed by atoms with Crippen LogP contribution in [0.25, 0.3) is 0 Å². The lowest BCUT2D eigenvalue weighted by atomic mass is 9.82. The molecule has 3 aliphatic heterocycles. The Kier molecular flexibility index (Phi) is 4.65. The average molecular weight is 429 g/mol. The van der Waals surface area contributed by atoms with E-state index in [4.69, 9.17) is 0 Å². The maximum Gasteiger partial charge on any atom is 0.270 e. The van der Waals surface area contributed by atoms with Gasteiger partial charge in [0.2, 0.25) is 0 Å². The Balaban J connectivity index is 1.20. The predicted octanol–water partition coefficient (Wildman–Crippen LogP) is 1.95. The summed E-state index contributed by atoms with van der Waals surface area (Å²) in [6.45, 7) is 5.02. The molecule has 0 radical (unpaired) electrons. The molecule has 0 unspecified atom stereocenters. The molecule has 1 N–H and O–H groups in total. The number of imidazole rings is 1. The maximum atomic E-state index is 12.9. The topological polar surface area (TPSA) is 84.3 Å². The molecule has 0 bridgehead atoms. The number of carbonyl (C=O) groups excluding carboxylic acids is 1. The number of rotatable bonds is 5. The van der Waals surface area contributed by atoms with Crippen LogP contribution in [-0.2, 0) is 35.8 Å². The van der Waals surface area contributed by atoms with E-state index < -0.39 is 9.84 Å². The van der Waals surface area contributed by atoms with Gasteiger partial charge in [0, 0.05) is 43.7 Å². The number of sulfone groups is 1. The van der Waals surface area contributed by atoms with E-state index in [2.05, 4.69) is 31.9 Å². The van der Waals surface area contributed by atoms with Crippen LogP contribution in [0, 0.1) is 5.41 Å². The smallest absolute Gasteiger partial charge is 0.270 e. The van der Waals surface area contributed by atoms with Gasteiger partial charge in [-0.05, 0) is 37.0 Å². The molecular weight excluding hydrogens is 400 g/mol. The van der Waals surface area contributed by atoms with Gasteiger partial charge in [-0.15, -0.1) is 0 Å². The number of nitrogens with one attached hydrogen (secondary N) is 1. The van der Waals surface area contributed by atoms with Crippen molar-refractivity contribution in [2.75, 3.05) is 29.5 Å². The number of hydrogen-bond donors (Lipinski definition) is 1. The Labute approximate surface area is 177 Å². The number of aryl methyl sites for hydroxylation is 2. The van der Waals surface area contributed by atoms with E-state index in [1.54, 1.807) is 0 Å². The van der Waals surface area contributed by atoms with Crippen molar-refractivity contribution in [1.82, 2.24) is 14.9 Å². The van der Waals surface area contributed by atoms with Crippen molar-refractivity contribution in [3.63, 3.8) is 0 Å². The number of hydrogen-bond acceptors (Lipinski definition) is 5. The molecule has 1 amide bonds. The minimum atomic E-state index is -2.78. The zero-order chi connectivity index (χ0) is 20.9. The van der Waals surface area contributed by atoms with E-state index in [0.717, 1.165) is 73.8 Å². The Hall–Kier alpha value is -2.35. The van der Waals surface area contributed by atoms with Crippen molar-refractivity contribution in [2.24, 2.45) is 5.41 Å². The number of aromatic nitrogens is 2. The maximum absolute atomic E-state index is 12.9. The van der Waals surface area contributed by atoms with Crippen molar-refractivity contribution in [2.45, 2.75) is 45.7 Å². The molecule has 1 spiro atoms. The largest absolute Gasteiger partial charge is 0.370 e. The molecule has 1 aromatic heterocycles. The quantitative estimate of drug-likeness (QED) is 0.787. The third-order valence-corrected chi connectivity index (χ3v) is 8.66. The van der Waals surface area contributed by atoms with Crippen LogP contribution in [0.15, 0.2) is 24.3 Å². The van der Waals surface area contributed by atoms with Crippen LogP contribution in [0.2, 0.25) is 0 Å². The van der Waals surface area contributed by atoms with Crippen LogP contribution in [-0.4, -0.2) is 48.5 Å². The molecule has 7 nitrogen and oxygen atoms in total. The minimum Gasteiger partial charge on any atom is -0.370 e. The van der Waals surface area contributed by atoms with Crippen LogP contribution in [0.4, 0.5) is 5.69 Å². The van der Waals surface area contributed by atoms with E-state index in [1.807, 2.05) is 19.1 Å². The molecule has 2 saturated heterocycles. The van der Waals surface area contributed by atoms with Gasteiger partial charge in [-0.1, -0.05) is 19.1 Å². The summed E-state index contributed by atoms with van der Waals surface area (Å²) < 4.78 is 25.0. The highest BCUT2D eigenvalue weighted by Crippen LogP contribution is 2.43. The summed E-state index contributed by atoms with van der Waals surface area (Å²) in [5.41, 5.74) is 3.77. The third kappa shape index (κ3) is 3.41. The van der Waals surface area contributed by atoms with Gasteiger partial charge in [0.1, 0.15) is 11.5 Å². The standard InChI is InChI=1S/C22H28N4O3S/c1-2-18-20(26-10-4-3-5-19(26)24-18)21(27)23-11-16-6-8-17(9-7-16)25-12-22(13-25)14-30(28,29)15-22/h6-9H,2-5,10-15H2,1H3,(H,23,27). The number of amides is 1. The summed E-state index contributed by atoms with van der Waals surface area (Å²) in [5.74, 6) is 1.66. The van der Waals surface area contributed by atoms with Crippen molar-refractivity contribution >= 4 is 21.4 Å². The molecule has 160 valence electrons. The van der Waals surface area contributed by atoms with Gasteiger partial charge in [-0.3, -0.25) is 4.79 Å². The lowest BCUT2D eigenvalue weighted by Crippen LogP contribution is -2.68. The summed E-state index contributed by atoms with van der Waals surface area (Å²) in [7, 11) is -2.78.